The van der Waals surface area contributed by atoms with Crippen LogP contribution in [0, 0.1) is 27.4 Å². The van der Waals surface area contributed by atoms with E-state index in [9.17, 15) is 14.9 Å². The molecule has 2 aromatic rings. The molecule has 1 N–H and O–H groups in total. The van der Waals surface area contributed by atoms with Crippen molar-refractivity contribution >= 4 is 34.6 Å². The minimum absolute atomic E-state index is 0.0962. The number of halogens is 1. The highest BCUT2D eigenvalue weighted by Gasteiger charge is 2.14. The SMILES string of the molecule is CC(CNc1ccc(CCN=Nc2ccc([N+](=O)[O-])cc2Cl)cc1)C(=O)OCC#N. The Balaban J connectivity index is 1.79. The first-order chi connectivity index (χ1) is 14.4. The average Bonchev–Trinajstić information content (AvgIpc) is 2.74. The molecule has 0 aliphatic carbocycles. The number of non-ortho nitro benzene ring substituents is 1. The Morgan fingerprint density at radius 2 is 2.07 bits per heavy atom. The van der Waals surface area contributed by atoms with E-state index in [4.69, 9.17) is 21.6 Å². The highest BCUT2D eigenvalue weighted by Crippen LogP contribution is 2.29. The van der Waals surface area contributed by atoms with Gasteiger partial charge in [0.1, 0.15) is 11.8 Å². The van der Waals surface area contributed by atoms with E-state index in [1.165, 1.54) is 18.2 Å². The first-order valence-electron chi connectivity index (χ1n) is 9.08. The fourth-order valence-electron chi connectivity index (χ4n) is 2.38. The smallest absolute Gasteiger partial charge is 0.311 e. The molecule has 0 bridgehead atoms. The van der Waals surface area contributed by atoms with Crippen molar-refractivity contribution in [2.75, 3.05) is 25.0 Å². The topological polar surface area (TPSA) is 130 Å². The van der Waals surface area contributed by atoms with Crippen LogP contribution in [0.5, 0.6) is 0 Å². The highest BCUT2D eigenvalue weighted by atomic mass is 35.5. The lowest BCUT2D eigenvalue weighted by atomic mass is 10.1. The number of esters is 1. The molecule has 0 saturated carbocycles. The van der Waals surface area contributed by atoms with Crippen molar-refractivity contribution in [3.63, 3.8) is 0 Å². The van der Waals surface area contributed by atoms with Gasteiger partial charge >= 0.3 is 5.97 Å². The van der Waals surface area contributed by atoms with Gasteiger partial charge in [0.25, 0.3) is 5.69 Å². The number of nitrogens with one attached hydrogen (secondary N) is 1. The summed E-state index contributed by atoms with van der Waals surface area (Å²) >= 11 is 5.97. The monoisotopic (exact) mass is 429 g/mol. The summed E-state index contributed by atoms with van der Waals surface area (Å²) < 4.78 is 4.77. The number of ether oxygens (including phenoxy) is 1. The standard InChI is InChI=1S/C20H20ClN5O4/c1-14(20(27)30-11-9-22)13-23-16-4-2-15(3-5-16)8-10-24-25-19-7-6-17(26(28)29)12-18(19)21/h2-7,12,14,23H,8,10-11,13H2,1H3. The lowest BCUT2D eigenvalue weighted by Gasteiger charge is -2.12. The zero-order valence-electron chi connectivity index (χ0n) is 16.2. The Kier molecular flexibility index (Phi) is 8.72. The molecule has 0 amide bonds. The van der Waals surface area contributed by atoms with Gasteiger partial charge in [0.15, 0.2) is 6.61 Å². The molecule has 2 rings (SSSR count). The number of nitriles is 1. The van der Waals surface area contributed by atoms with Gasteiger partial charge in [0.2, 0.25) is 0 Å². The van der Waals surface area contributed by atoms with Crippen molar-refractivity contribution in [1.29, 1.82) is 5.26 Å². The third-order valence-corrected chi connectivity index (χ3v) is 4.37. The number of carbonyl (C=O) groups is 1. The van der Waals surface area contributed by atoms with Crippen LogP contribution < -0.4 is 5.32 Å². The fraction of sp³-hybridized carbons (Fsp3) is 0.300. The van der Waals surface area contributed by atoms with Crippen molar-refractivity contribution in [3.05, 3.63) is 63.2 Å². The third-order valence-electron chi connectivity index (χ3n) is 4.07. The van der Waals surface area contributed by atoms with E-state index < -0.39 is 10.9 Å². The van der Waals surface area contributed by atoms with Crippen LogP contribution in [-0.4, -0.2) is 30.6 Å². The van der Waals surface area contributed by atoms with Gasteiger partial charge in [-0.1, -0.05) is 30.7 Å². The summed E-state index contributed by atoms with van der Waals surface area (Å²) in [6.45, 7) is 2.31. The van der Waals surface area contributed by atoms with E-state index in [1.807, 2.05) is 24.3 Å². The molecule has 30 heavy (non-hydrogen) atoms. The predicted molar refractivity (Wildman–Crippen MR) is 112 cm³/mol. The average molecular weight is 430 g/mol. The summed E-state index contributed by atoms with van der Waals surface area (Å²) in [4.78, 5) is 21.8. The number of hydrogen-bond acceptors (Lipinski definition) is 8. The Morgan fingerprint density at radius 1 is 1.33 bits per heavy atom. The molecule has 10 heteroatoms. The lowest BCUT2D eigenvalue weighted by molar-refractivity contribution is -0.384. The fourth-order valence-corrected chi connectivity index (χ4v) is 2.60. The van der Waals surface area contributed by atoms with Gasteiger partial charge in [-0.3, -0.25) is 14.9 Å². The number of benzene rings is 2. The highest BCUT2D eigenvalue weighted by molar-refractivity contribution is 6.33. The minimum atomic E-state index is -0.521. The Morgan fingerprint density at radius 3 is 2.70 bits per heavy atom. The quantitative estimate of drug-likeness (QED) is 0.252. The van der Waals surface area contributed by atoms with Crippen molar-refractivity contribution in [3.8, 4) is 6.07 Å². The molecule has 1 atom stereocenters. The van der Waals surface area contributed by atoms with Crippen LogP contribution in [-0.2, 0) is 16.0 Å². The normalized spacial score (nSPS) is 11.6. The first-order valence-corrected chi connectivity index (χ1v) is 9.46. The second-order valence-corrected chi connectivity index (χ2v) is 6.76. The first kappa shape index (κ1) is 22.8. The number of nitro groups is 1. The molecule has 0 fully saturated rings. The van der Waals surface area contributed by atoms with Crippen LogP contribution in [0.1, 0.15) is 12.5 Å². The Labute approximate surface area is 178 Å². The van der Waals surface area contributed by atoms with Gasteiger partial charge in [-0.15, -0.1) is 0 Å². The molecule has 2 aromatic carbocycles. The largest absolute Gasteiger partial charge is 0.450 e. The summed E-state index contributed by atoms with van der Waals surface area (Å²) in [5, 5.41) is 30.5. The van der Waals surface area contributed by atoms with Crippen molar-refractivity contribution in [2.24, 2.45) is 16.1 Å². The van der Waals surface area contributed by atoms with Gasteiger partial charge < -0.3 is 10.1 Å². The van der Waals surface area contributed by atoms with E-state index in [0.29, 0.717) is 25.2 Å². The van der Waals surface area contributed by atoms with Gasteiger partial charge in [-0.05, 0) is 30.2 Å². The molecular formula is C20H20ClN5O4. The number of azo groups is 1. The van der Waals surface area contributed by atoms with Crippen LogP contribution >= 0.6 is 11.6 Å². The molecule has 0 aliphatic rings. The Bertz CT molecular complexity index is 957. The molecule has 0 aromatic heterocycles. The molecule has 0 saturated heterocycles. The third kappa shape index (κ3) is 7.14. The van der Waals surface area contributed by atoms with E-state index in [2.05, 4.69) is 15.5 Å². The number of nitro benzene ring substituents is 1. The van der Waals surface area contributed by atoms with Crippen molar-refractivity contribution in [2.45, 2.75) is 13.3 Å². The molecule has 156 valence electrons. The molecule has 0 spiro atoms. The molecular weight excluding hydrogens is 410 g/mol. The lowest BCUT2D eigenvalue weighted by Crippen LogP contribution is -2.22. The maximum atomic E-state index is 11.6. The van der Waals surface area contributed by atoms with Crippen LogP contribution in [0.15, 0.2) is 52.7 Å². The van der Waals surface area contributed by atoms with Crippen LogP contribution in [0.4, 0.5) is 17.1 Å². The number of carbonyl (C=O) groups excluding carboxylic acids is 1. The molecule has 0 radical (unpaired) electrons. The molecule has 0 heterocycles. The van der Waals surface area contributed by atoms with Crippen LogP contribution in [0.2, 0.25) is 5.02 Å². The van der Waals surface area contributed by atoms with Crippen molar-refractivity contribution < 1.29 is 14.5 Å². The number of nitrogens with zero attached hydrogens (tertiary/aromatic N) is 4. The summed E-state index contributed by atoms with van der Waals surface area (Å²) in [5.74, 6) is -0.788. The second kappa shape index (κ2) is 11.5. The summed E-state index contributed by atoms with van der Waals surface area (Å²) in [6, 6.07) is 13.5. The predicted octanol–water partition coefficient (Wildman–Crippen LogP) is 4.69. The number of rotatable bonds is 10. The van der Waals surface area contributed by atoms with Crippen LogP contribution in [0.3, 0.4) is 0 Å². The maximum Gasteiger partial charge on any atom is 0.311 e. The number of anilines is 1. The van der Waals surface area contributed by atoms with E-state index in [0.717, 1.165) is 11.3 Å². The summed E-state index contributed by atoms with van der Waals surface area (Å²) in [6.07, 6.45) is 0.658. The maximum absolute atomic E-state index is 11.6. The van der Waals surface area contributed by atoms with Crippen LogP contribution in [0.25, 0.3) is 0 Å². The minimum Gasteiger partial charge on any atom is -0.450 e. The van der Waals surface area contributed by atoms with E-state index in [-0.39, 0.29) is 23.2 Å². The van der Waals surface area contributed by atoms with Gasteiger partial charge in [0.05, 0.1) is 22.4 Å². The molecule has 0 aliphatic heterocycles. The van der Waals surface area contributed by atoms with Crippen molar-refractivity contribution in [1.82, 2.24) is 0 Å². The zero-order valence-corrected chi connectivity index (χ0v) is 17.0. The molecule has 1 unspecified atom stereocenters. The van der Waals surface area contributed by atoms with Gasteiger partial charge in [0, 0.05) is 24.4 Å². The van der Waals surface area contributed by atoms with Gasteiger partial charge in [-0.2, -0.15) is 15.5 Å². The van der Waals surface area contributed by atoms with E-state index >= 15 is 0 Å². The molecule has 9 nitrogen and oxygen atoms in total. The second-order valence-electron chi connectivity index (χ2n) is 6.35. The Hall–Kier alpha value is -3.51. The van der Waals surface area contributed by atoms with Gasteiger partial charge in [-0.25, -0.2) is 0 Å². The summed E-state index contributed by atoms with van der Waals surface area (Å²) in [7, 11) is 0. The summed E-state index contributed by atoms with van der Waals surface area (Å²) in [5.41, 5.74) is 2.19. The van der Waals surface area contributed by atoms with E-state index in [1.54, 1.807) is 13.0 Å². The zero-order chi connectivity index (χ0) is 21.9. The number of hydrogen-bond donors (Lipinski definition) is 1.